The monoisotopic (exact) mass is 994 g/mol. The van der Waals surface area contributed by atoms with Crippen molar-refractivity contribution in [3.63, 3.8) is 0 Å². The number of rotatable bonds is 16. The first-order chi connectivity index (χ1) is 35.6. The molecule has 4 saturated heterocycles. The molecule has 73 heavy (non-hydrogen) atoms. The number of piperazine rings is 2. The zero-order valence-electron chi connectivity index (χ0n) is 42.2. The van der Waals surface area contributed by atoms with Crippen LogP contribution in [0.1, 0.15) is 13.8 Å². The van der Waals surface area contributed by atoms with E-state index in [1.165, 1.54) is 33.2 Å². The minimum absolute atomic E-state index is 0.122. The molecule has 1 unspecified atom stereocenters. The van der Waals surface area contributed by atoms with Crippen LogP contribution in [0.5, 0.6) is 5.75 Å². The van der Waals surface area contributed by atoms with Crippen molar-refractivity contribution in [1.29, 1.82) is 0 Å². The van der Waals surface area contributed by atoms with Crippen LogP contribution in [0.3, 0.4) is 0 Å². The largest absolute Gasteiger partial charge is 0.491 e. The highest BCUT2D eigenvalue weighted by molar-refractivity contribution is 6.09. The fourth-order valence-electron chi connectivity index (χ4n) is 10.8. The zero-order chi connectivity index (χ0) is 50.2. The Morgan fingerprint density at radius 2 is 1.25 bits per heavy atom. The lowest BCUT2D eigenvalue weighted by Crippen LogP contribution is -2.57. The summed E-state index contributed by atoms with van der Waals surface area (Å²) in [6.45, 7) is 13.2. The number of aryl methyl sites for hydroxylation is 1. The average Bonchev–Trinajstić information content (AvgIpc) is 4.09. The van der Waals surface area contributed by atoms with Crippen LogP contribution in [0, 0.1) is 0 Å². The molecular formula is C57H67N7O9. The number of likely N-dealkylation sites (N-methyl/N-ethyl adjacent to an activating group) is 2. The Hall–Kier alpha value is -5.89. The number of nitrogens with zero attached hydrogens (tertiary/aromatic N) is 7. The van der Waals surface area contributed by atoms with E-state index in [0.29, 0.717) is 19.0 Å². The number of fused-ring (bicyclic) bond motifs is 4. The van der Waals surface area contributed by atoms with Crippen molar-refractivity contribution in [3.05, 3.63) is 115 Å². The molecule has 4 fully saturated rings. The zero-order valence-corrected chi connectivity index (χ0v) is 42.2. The van der Waals surface area contributed by atoms with Gasteiger partial charge in [0.25, 0.3) is 5.97 Å². The van der Waals surface area contributed by atoms with Crippen LogP contribution in [0.15, 0.2) is 115 Å². The Labute approximate surface area is 426 Å². The molecule has 11 rings (SSSR count). The van der Waals surface area contributed by atoms with Gasteiger partial charge in [0.15, 0.2) is 6.29 Å². The van der Waals surface area contributed by atoms with Crippen molar-refractivity contribution in [2.75, 3.05) is 109 Å². The lowest BCUT2D eigenvalue weighted by Gasteiger charge is -2.36. The van der Waals surface area contributed by atoms with Gasteiger partial charge in [0, 0.05) is 121 Å². The van der Waals surface area contributed by atoms with Crippen LogP contribution >= 0.6 is 0 Å². The minimum Gasteiger partial charge on any atom is -0.491 e. The van der Waals surface area contributed by atoms with Crippen LogP contribution in [0.2, 0.25) is 0 Å². The lowest BCUT2D eigenvalue weighted by atomic mass is 9.99. The molecule has 384 valence electrons. The van der Waals surface area contributed by atoms with E-state index in [1.54, 1.807) is 6.92 Å². The molecular weight excluding hydrogens is 927 g/mol. The molecule has 0 amide bonds. The Morgan fingerprint density at radius 1 is 0.644 bits per heavy atom. The fourth-order valence-corrected chi connectivity index (χ4v) is 10.8. The van der Waals surface area contributed by atoms with E-state index in [1.807, 2.05) is 12.1 Å². The number of anilines is 2. The SMILES string of the molecule is CCn1c2ccccc2c2cc(-c3nc(-c4ccc(N5CCN(C)CC5)cc4)c(-c4ccc(N5CCN(C)CC5)cc4)n3-c3ccc(OCCOCCOC4(C)O[C@H]5O[C@H](CO)[C@@H](O)[C@H](O)[C@H]5O4)cc3)ccc21. The van der Waals surface area contributed by atoms with Gasteiger partial charge < -0.3 is 63.2 Å². The number of aliphatic hydroxyl groups excluding tert-OH is 3. The van der Waals surface area contributed by atoms with E-state index >= 15 is 0 Å². The molecule has 3 N–H and O–H groups in total. The summed E-state index contributed by atoms with van der Waals surface area (Å²) in [5.41, 5.74) is 10.8. The number of aromatic nitrogens is 3. The molecule has 16 nitrogen and oxygen atoms in total. The molecule has 0 radical (unpaired) electrons. The third-order valence-electron chi connectivity index (χ3n) is 14.9. The van der Waals surface area contributed by atoms with E-state index in [2.05, 4.69) is 153 Å². The number of benzene rings is 5. The molecule has 16 heteroatoms. The number of hydrogen-bond acceptors (Lipinski definition) is 14. The summed E-state index contributed by atoms with van der Waals surface area (Å²) in [5, 5.41) is 32.7. The number of aliphatic hydroxyl groups is 3. The quantitative estimate of drug-likeness (QED) is 0.0911. The molecule has 6 heterocycles. The summed E-state index contributed by atoms with van der Waals surface area (Å²) in [7, 11) is 4.38. The van der Waals surface area contributed by atoms with Crippen molar-refractivity contribution in [2.45, 2.75) is 57.1 Å². The first-order valence-electron chi connectivity index (χ1n) is 25.7. The molecule has 0 saturated carbocycles. The van der Waals surface area contributed by atoms with Crippen LogP contribution in [-0.2, 0) is 30.2 Å². The molecule has 0 bridgehead atoms. The lowest BCUT2D eigenvalue weighted by molar-refractivity contribution is -0.346. The molecule has 2 aromatic heterocycles. The van der Waals surface area contributed by atoms with Gasteiger partial charge in [-0.1, -0.05) is 42.5 Å². The Bertz CT molecular complexity index is 2990. The van der Waals surface area contributed by atoms with Gasteiger partial charge in [-0.25, -0.2) is 4.98 Å². The maximum Gasteiger partial charge on any atom is 0.282 e. The van der Waals surface area contributed by atoms with Crippen molar-refractivity contribution in [1.82, 2.24) is 23.9 Å². The molecule has 4 aliphatic rings. The number of imidazole rings is 1. The third-order valence-corrected chi connectivity index (χ3v) is 14.9. The molecule has 6 atom stereocenters. The summed E-state index contributed by atoms with van der Waals surface area (Å²) in [5.74, 6) is 0.0117. The highest BCUT2D eigenvalue weighted by atomic mass is 16.9. The number of ether oxygens (including phenoxy) is 6. The molecule has 7 aromatic rings. The maximum atomic E-state index is 10.5. The summed E-state index contributed by atoms with van der Waals surface area (Å²) in [6.07, 6.45) is -5.58. The topological polar surface area (TPSA) is 152 Å². The standard InChI is InChI=1S/C57H67N7O9/c1-5-63-47-9-7-6-8-45(47)46-36-40(14-23-48(46)63)55-58-50(38-10-15-41(16-11-38)61-28-24-59(3)25-29-61)51(39-12-17-42(18-13-39)62-30-26-60(4)27-31-62)64(55)43-19-21-44(22-20-43)69-34-32-68-33-35-70-57(2)72-54-53(67)52(66)49(37-65)71-56(54)73-57/h6-23,36,49,52-54,56,65-67H,5,24-35,37H2,1-4H3/t49-,52-,53+,54-,56-,57?/m1/s1. The molecule has 4 aliphatic heterocycles. The molecule has 0 aliphatic carbocycles. The normalized spacial score (nSPS) is 24.0. The van der Waals surface area contributed by atoms with Crippen LogP contribution in [0.4, 0.5) is 11.4 Å². The Kier molecular flexibility index (Phi) is 14.3. The van der Waals surface area contributed by atoms with E-state index in [0.717, 1.165) is 98.5 Å². The van der Waals surface area contributed by atoms with E-state index < -0.39 is 43.3 Å². The van der Waals surface area contributed by atoms with Crippen LogP contribution < -0.4 is 14.5 Å². The Balaban J connectivity index is 0.882. The predicted molar refractivity (Wildman–Crippen MR) is 282 cm³/mol. The summed E-state index contributed by atoms with van der Waals surface area (Å²) < 4.78 is 39.7. The Morgan fingerprint density at radius 3 is 1.90 bits per heavy atom. The first-order valence-corrected chi connectivity index (χ1v) is 25.7. The summed E-state index contributed by atoms with van der Waals surface area (Å²) >= 11 is 0. The number of hydrogen-bond donors (Lipinski definition) is 3. The maximum absolute atomic E-state index is 10.5. The second-order valence-corrected chi connectivity index (χ2v) is 19.7. The minimum atomic E-state index is -1.52. The second kappa shape index (κ2) is 21.2. The van der Waals surface area contributed by atoms with Crippen LogP contribution in [0.25, 0.3) is 61.4 Å². The fraction of sp³-hybridized carbons (Fsp3) is 0.421. The van der Waals surface area contributed by atoms with Gasteiger partial charge in [-0.15, -0.1) is 0 Å². The average molecular weight is 994 g/mol. The van der Waals surface area contributed by atoms with Gasteiger partial charge in [-0.2, -0.15) is 0 Å². The van der Waals surface area contributed by atoms with Gasteiger partial charge >= 0.3 is 0 Å². The number of para-hydroxylation sites is 1. The van der Waals surface area contributed by atoms with Gasteiger partial charge in [0.05, 0.1) is 37.8 Å². The first kappa shape index (κ1) is 49.3. The third kappa shape index (κ3) is 9.97. The van der Waals surface area contributed by atoms with E-state index in [-0.39, 0.29) is 13.2 Å². The van der Waals surface area contributed by atoms with Crippen molar-refractivity contribution in [2.24, 2.45) is 0 Å². The molecule has 0 spiro atoms. The van der Waals surface area contributed by atoms with Crippen molar-refractivity contribution < 1.29 is 43.7 Å². The van der Waals surface area contributed by atoms with Crippen molar-refractivity contribution >= 4 is 33.2 Å². The van der Waals surface area contributed by atoms with E-state index in [9.17, 15) is 15.3 Å². The van der Waals surface area contributed by atoms with Gasteiger partial charge in [-0.3, -0.25) is 9.30 Å². The summed E-state index contributed by atoms with van der Waals surface area (Å²) in [4.78, 5) is 15.4. The highest BCUT2D eigenvalue weighted by Crippen LogP contribution is 2.42. The second-order valence-electron chi connectivity index (χ2n) is 19.7. The van der Waals surface area contributed by atoms with Gasteiger partial charge in [0.2, 0.25) is 0 Å². The smallest absolute Gasteiger partial charge is 0.282 e. The predicted octanol–water partition coefficient (Wildman–Crippen LogP) is 6.44. The van der Waals surface area contributed by atoms with Gasteiger partial charge in [0.1, 0.15) is 42.6 Å². The molecule has 5 aromatic carbocycles. The summed E-state index contributed by atoms with van der Waals surface area (Å²) in [6, 6.07) is 41.6. The van der Waals surface area contributed by atoms with E-state index in [4.69, 9.17) is 33.4 Å². The highest BCUT2D eigenvalue weighted by Gasteiger charge is 2.56. The van der Waals surface area contributed by atoms with Gasteiger partial charge in [-0.05, 0) is 93.8 Å². The van der Waals surface area contributed by atoms with Crippen LogP contribution in [-0.4, -0.2) is 175 Å². The van der Waals surface area contributed by atoms with Crippen molar-refractivity contribution in [3.8, 4) is 45.3 Å².